The van der Waals surface area contributed by atoms with Crippen LogP contribution < -0.4 is 22.1 Å². The van der Waals surface area contributed by atoms with Crippen LogP contribution in [0.2, 0.25) is 0 Å². The molecule has 2 aromatic rings. The number of hydrogen-bond donors (Lipinski definition) is 4. The van der Waals surface area contributed by atoms with Gasteiger partial charge in [-0.15, -0.1) is 11.8 Å². The van der Waals surface area contributed by atoms with E-state index in [2.05, 4.69) is 27.5 Å². The predicted octanol–water partition coefficient (Wildman–Crippen LogP) is 1.50. The summed E-state index contributed by atoms with van der Waals surface area (Å²) in [5.74, 6) is 0.940. The van der Waals surface area contributed by atoms with Crippen molar-refractivity contribution in [2.75, 3.05) is 16.8 Å². The van der Waals surface area contributed by atoms with Gasteiger partial charge in [0.25, 0.3) is 5.91 Å². The van der Waals surface area contributed by atoms with Crippen LogP contribution in [0.5, 0.6) is 0 Å². The first-order chi connectivity index (χ1) is 11.5. The van der Waals surface area contributed by atoms with E-state index in [1.165, 1.54) is 12.4 Å². The highest BCUT2D eigenvalue weighted by molar-refractivity contribution is 7.99. The number of thioether (sulfide) groups is 1. The molecule has 2 unspecified atom stereocenters. The van der Waals surface area contributed by atoms with E-state index in [1.54, 1.807) is 11.8 Å². The quantitative estimate of drug-likeness (QED) is 0.666. The van der Waals surface area contributed by atoms with E-state index in [0.717, 1.165) is 17.7 Å². The molecule has 1 aromatic carbocycles. The third kappa shape index (κ3) is 3.66. The van der Waals surface area contributed by atoms with Crippen molar-refractivity contribution in [1.29, 1.82) is 0 Å². The van der Waals surface area contributed by atoms with Gasteiger partial charge in [0.15, 0.2) is 0 Å². The first-order valence-electron chi connectivity index (χ1n) is 7.61. The van der Waals surface area contributed by atoms with Crippen LogP contribution >= 0.6 is 11.8 Å². The highest BCUT2D eigenvalue weighted by atomic mass is 32.2. The van der Waals surface area contributed by atoms with E-state index < -0.39 is 0 Å². The van der Waals surface area contributed by atoms with E-state index in [9.17, 15) is 4.79 Å². The SMILES string of the molecule is CC1(c2cccc(NC(=O)c3cnc(N)cn3)c2)CCSC(N)N1. The summed E-state index contributed by atoms with van der Waals surface area (Å²) in [5, 5.41) is 6.26. The smallest absolute Gasteiger partial charge is 0.275 e. The van der Waals surface area contributed by atoms with Gasteiger partial charge in [0, 0.05) is 11.2 Å². The second kappa shape index (κ2) is 6.76. The lowest BCUT2D eigenvalue weighted by Crippen LogP contribution is -2.52. The van der Waals surface area contributed by atoms with Crippen molar-refractivity contribution in [3.63, 3.8) is 0 Å². The van der Waals surface area contributed by atoms with Crippen molar-refractivity contribution in [2.24, 2.45) is 5.73 Å². The van der Waals surface area contributed by atoms with Crippen LogP contribution in [-0.4, -0.2) is 27.1 Å². The first-order valence-corrected chi connectivity index (χ1v) is 8.65. The third-order valence-electron chi connectivity index (χ3n) is 4.02. The zero-order valence-corrected chi connectivity index (χ0v) is 14.1. The van der Waals surface area contributed by atoms with E-state index in [-0.39, 0.29) is 28.5 Å². The maximum Gasteiger partial charge on any atom is 0.275 e. The minimum atomic E-state index is -0.325. The molecule has 1 aromatic heterocycles. The lowest BCUT2D eigenvalue weighted by Gasteiger charge is -2.38. The highest BCUT2D eigenvalue weighted by Crippen LogP contribution is 2.33. The maximum absolute atomic E-state index is 12.3. The van der Waals surface area contributed by atoms with Crippen LogP contribution in [0.25, 0.3) is 0 Å². The van der Waals surface area contributed by atoms with Crippen LogP contribution in [0.1, 0.15) is 29.4 Å². The molecule has 3 rings (SSSR count). The molecular formula is C16H20N6OS. The van der Waals surface area contributed by atoms with E-state index in [0.29, 0.717) is 5.69 Å². The third-order valence-corrected chi connectivity index (χ3v) is 4.94. The van der Waals surface area contributed by atoms with Gasteiger partial charge in [-0.05, 0) is 36.8 Å². The summed E-state index contributed by atoms with van der Waals surface area (Å²) >= 11 is 1.70. The Morgan fingerprint density at radius 3 is 2.96 bits per heavy atom. The Labute approximate surface area is 144 Å². The topological polar surface area (TPSA) is 119 Å². The van der Waals surface area contributed by atoms with Crippen molar-refractivity contribution in [3.8, 4) is 0 Å². The maximum atomic E-state index is 12.3. The number of nitrogen functional groups attached to an aromatic ring is 1. The average molecular weight is 344 g/mol. The number of amides is 1. The van der Waals surface area contributed by atoms with Crippen LogP contribution in [0.15, 0.2) is 36.7 Å². The number of anilines is 2. The standard InChI is InChI=1S/C16H20N6OS/c1-16(5-6-24-15(18)22-16)10-3-2-4-11(7-10)21-14(23)12-8-20-13(17)9-19-12/h2-4,7-9,15,22H,5-6,18H2,1H3,(H2,17,20)(H,21,23). The minimum absolute atomic E-state index is 0.0907. The van der Waals surface area contributed by atoms with Crippen molar-refractivity contribution >= 4 is 29.2 Å². The number of carbonyl (C=O) groups excluding carboxylic acids is 1. The highest BCUT2D eigenvalue weighted by Gasteiger charge is 2.32. The number of carbonyl (C=O) groups is 1. The second-order valence-electron chi connectivity index (χ2n) is 5.88. The number of nitrogens with one attached hydrogen (secondary N) is 2. The molecule has 7 nitrogen and oxygen atoms in total. The molecule has 2 atom stereocenters. The number of aromatic nitrogens is 2. The van der Waals surface area contributed by atoms with Crippen molar-refractivity contribution in [2.45, 2.75) is 24.4 Å². The summed E-state index contributed by atoms with van der Waals surface area (Å²) in [6, 6.07) is 7.75. The molecule has 1 fully saturated rings. The van der Waals surface area contributed by atoms with Crippen LogP contribution in [0.4, 0.5) is 11.5 Å². The molecule has 6 N–H and O–H groups in total. The molecule has 0 saturated carbocycles. The Balaban J connectivity index is 1.78. The normalized spacial score (nSPS) is 23.7. The van der Waals surface area contributed by atoms with Gasteiger partial charge in [0.2, 0.25) is 0 Å². The van der Waals surface area contributed by atoms with Crippen LogP contribution in [0.3, 0.4) is 0 Å². The van der Waals surface area contributed by atoms with Gasteiger partial charge in [-0.2, -0.15) is 0 Å². The fourth-order valence-corrected chi connectivity index (χ4v) is 3.76. The van der Waals surface area contributed by atoms with Gasteiger partial charge in [-0.3, -0.25) is 10.1 Å². The lowest BCUT2D eigenvalue weighted by molar-refractivity contribution is 0.102. The minimum Gasteiger partial charge on any atom is -0.382 e. The number of rotatable bonds is 3. The molecule has 1 aliphatic heterocycles. The van der Waals surface area contributed by atoms with Gasteiger partial charge in [-0.25, -0.2) is 9.97 Å². The average Bonchev–Trinajstić information content (AvgIpc) is 2.55. The molecule has 1 saturated heterocycles. The fourth-order valence-electron chi connectivity index (χ4n) is 2.64. The van der Waals surface area contributed by atoms with Gasteiger partial charge in [0.05, 0.1) is 12.4 Å². The summed E-state index contributed by atoms with van der Waals surface area (Å²) < 4.78 is 0. The van der Waals surface area contributed by atoms with E-state index in [1.807, 2.05) is 24.3 Å². The van der Waals surface area contributed by atoms with E-state index in [4.69, 9.17) is 11.5 Å². The summed E-state index contributed by atoms with van der Waals surface area (Å²) in [4.78, 5) is 20.1. The van der Waals surface area contributed by atoms with Crippen molar-refractivity contribution in [1.82, 2.24) is 15.3 Å². The van der Waals surface area contributed by atoms with Crippen LogP contribution in [0, 0.1) is 0 Å². The Kier molecular flexibility index (Phi) is 4.70. The molecule has 8 heteroatoms. The summed E-state index contributed by atoms with van der Waals surface area (Å²) in [5.41, 5.74) is 13.2. The van der Waals surface area contributed by atoms with Gasteiger partial charge in [-0.1, -0.05) is 12.1 Å². The molecule has 0 aliphatic carbocycles. The molecule has 1 aliphatic rings. The summed E-state index contributed by atoms with van der Waals surface area (Å²) in [6.07, 6.45) is 3.68. The number of nitrogens with two attached hydrogens (primary N) is 2. The molecular weight excluding hydrogens is 324 g/mol. The summed E-state index contributed by atoms with van der Waals surface area (Å²) in [6.45, 7) is 2.12. The predicted molar refractivity (Wildman–Crippen MR) is 96.4 cm³/mol. The number of nitrogens with zero attached hydrogens (tertiary/aromatic N) is 2. The van der Waals surface area contributed by atoms with Gasteiger partial charge < -0.3 is 16.8 Å². The Bertz CT molecular complexity index is 738. The first kappa shape index (κ1) is 16.7. The van der Waals surface area contributed by atoms with Crippen molar-refractivity contribution in [3.05, 3.63) is 47.9 Å². The number of hydrogen-bond acceptors (Lipinski definition) is 7. The Morgan fingerprint density at radius 2 is 2.25 bits per heavy atom. The molecule has 126 valence electrons. The van der Waals surface area contributed by atoms with Crippen LogP contribution in [-0.2, 0) is 5.54 Å². The zero-order chi connectivity index (χ0) is 17.2. The van der Waals surface area contributed by atoms with Gasteiger partial charge >= 0.3 is 0 Å². The second-order valence-corrected chi connectivity index (χ2v) is 7.13. The molecule has 0 radical (unpaired) electrons. The van der Waals surface area contributed by atoms with Gasteiger partial charge in [0.1, 0.15) is 17.0 Å². The monoisotopic (exact) mass is 344 g/mol. The molecule has 24 heavy (non-hydrogen) atoms. The molecule has 2 heterocycles. The zero-order valence-electron chi connectivity index (χ0n) is 13.3. The van der Waals surface area contributed by atoms with Crippen molar-refractivity contribution < 1.29 is 4.79 Å². The summed E-state index contributed by atoms with van der Waals surface area (Å²) in [7, 11) is 0. The molecule has 0 spiro atoms. The van der Waals surface area contributed by atoms with E-state index >= 15 is 0 Å². The largest absolute Gasteiger partial charge is 0.382 e. The molecule has 1 amide bonds. The Hall–Kier alpha value is -2.16. The molecule has 0 bridgehead atoms. The fraction of sp³-hybridized carbons (Fsp3) is 0.312. The number of benzene rings is 1. The Morgan fingerprint density at radius 1 is 1.42 bits per heavy atom. The lowest BCUT2D eigenvalue weighted by atomic mass is 9.89.